The fourth-order valence-electron chi connectivity index (χ4n) is 2.69. The number of hydrogen-bond acceptors (Lipinski definition) is 10. The lowest BCUT2D eigenvalue weighted by molar-refractivity contribution is -0.0396. The number of nitrogens with zero attached hydrogens (tertiary/aromatic N) is 4. The normalized spacial score (nSPS) is 25.2. The van der Waals surface area contributed by atoms with Gasteiger partial charge in [-0.1, -0.05) is 0 Å². The summed E-state index contributed by atoms with van der Waals surface area (Å²) in [5.74, 6) is 0.200. The summed E-state index contributed by atoms with van der Waals surface area (Å²) >= 11 is 0. The van der Waals surface area contributed by atoms with Gasteiger partial charge in [-0.05, 0) is 0 Å². The third kappa shape index (κ3) is 5.11. The predicted octanol–water partition coefficient (Wildman–Crippen LogP) is -1.06. The van der Waals surface area contributed by atoms with Crippen LogP contribution in [0, 0.1) is 0 Å². The zero-order valence-corrected chi connectivity index (χ0v) is 16.2. The molecule has 156 valence electrons. The van der Waals surface area contributed by atoms with Crippen molar-refractivity contribution in [3.8, 4) is 0 Å². The molecule has 16 heteroatoms. The summed E-state index contributed by atoms with van der Waals surface area (Å²) < 4.78 is 34.8. The topological polar surface area (TPSA) is 215 Å². The molecule has 1 aliphatic heterocycles. The van der Waals surface area contributed by atoms with Gasteiger partial charge in [0.1, 0.15) is 24.2 Å². The number of ether oxygens (including phenoxy) is 1. The second kappa shape index (κ2) is 8.11. The highest BCUT2D eigenvalue weighted by Crippen LogP contribution is 2.43. The van der Waals surface area contributed by atoms with Gasteiger partial charge in [-0.15, -0.1) is 0 Å². The maximum absolute atomic E-state index is 11.9. The maximum Gasteiger partial charge on any atom is 0.341 e. The fraction of sp³-hybridized carbons (Fsp3) is 0.583. The van der Waals surface area contributed by atoms with Crippen molar-refractivity contribution in [2.75, 3.05) is 24.9 Å². The number of imidazole rings is 1. The lowest BCUT2D eigenvalue weighted by Gasteiger charge is -2.18. The number of aromatic nitrogens is 4. The first kappa shape index (κ1) is 21.2. The Labute approximate surface area is 158 Å². The van der Waals surface area contributed by atoms with Gasteiger partial charge < -0.3 is 34.8 Å². The van der Waals surface area contributed by atoms with Crippen molar-refractivity contribution in [3.05, 3.63) is 12.7 Å². The Morgan fingerprint density at radius 2 is 2.04 bits per heavy atom. The van der Waals surface area contributed by atoms with Gasteiger partial charge in [0, 0.05) is 6.42 Å². The van der Waals surface area contributed by atoms with Crippen molar-refractivity contribution in [2.45, 2.75) is 24.9 Å². The Kier molecular flexibility index (Phi) is 6.15. The van der Waals surface area contributed by atoms with E-state index in [9.17, 15) is 19.1 Å². The standard InChI is InChI=1S/C12H20N6O8P2/c13-11-10-12(16-3-15-11)18(4-17-10)9-1-7(19)8(26-9)2-25-28(23,24)6-14-5-27(20,21)22/h3-4,7-9,14,19H,1-2,5-6H2,(H,23,24)(H2,13,15,16)(H2,20,21,22)/t7-,8+,9+/m0/s1. The quantitative estimate of drug-likeness (QED) is 0.271. The Morgan fingerprint density at radius 3 is 2.75 bits per heavy atom. The van der Waals surface area contributed by atoms with Crippen LogP contribution < -0.4 is 11.1 Å². The van der Waals surface area contributed by atoms with E-state index >= 15 is 0 Å². The number of aliphatic hydroxyl groups excluding tert-OH is 1. The maximum atomic E-state index is 11.9. The summed E-state index contributed by atoms with van der Waals surface area (Å²) in [6.45, 7) is -0.396. The molecule has 0 radical (unpaired) electrons. The molecule has 1 fully saturated rings. The number of nitrogens with two attached hydrogens (primary N) is 1. The first-order valence-corrected chi connectivity index (χ1v) is 11.6. The summed E-state index contributed by atoms with van der Waals surface area (Å²) in [5.41, 5.74) is 6.54. The van der Waals surface area contributed by atoms with E-state index in [0.29, 0.717) is 11.2 Å². The van der Waals surface area contributed by atoms with Gasteiger partial charge in [0.05, 0.1) is 31.6 Å². The largest absolute Gasteiger partial charge is 0.390 e. The van der Waals surface area contributed by atoms with Gasteiger partial charge in [-0.25, -0.2) is 15.0 Å². The van der Waals surface area contributed by atoms with Crippen LogP contribution in [0.1, 0.15) is 12.6 Å². The second-order valence-corrected chi connectivity index (χ2v) is 9.67. The predicted molar refractivity (Wildman–Crippen MR) is 95.0 cm³/mol. The lowest BCUT2D eigenvalue weighted by Crippen LogP contribution is -2.27. The molecule has 7 N–H and O–H groups in total. The monoisotopic (exact) mass is 438 g/mol. The Morgan fingerprint density at radius 1 is 1.29 bits per heavy atom. The molecule has 1 saturated heterocycles. The van der Waals surface area contributed by atoms with Gasteiger partial charge >= 0.3 is 15.2 Å². The Balaban J connectivity index is 1.58. The number of aliphatic hydroxyl groups is 1. The molecule has 0 spiro atoms. The zero-order chi connectivity index (χ0) is 20.5. The van der Waals surface area contributed by atoms with Gasteiger partial charge in [0.25, 0.3) is 0 Å². The molecule has 0 aliphatic carbocycles. The number of nitrogen functional groups attached to an aromatic ring is 1. The minimum atomic E-state index is -4.35. The number of nitrogens with one attached hydrogen (secondary N) is 1. The number of anilines is 1. The van der Waals surface area contributed by atoms with Crippen LogP contribution in [0.5, 0.6) is 0 Å². The molecule has 3 heterocycles. The third-order valence-corrected chi connectivity index (χ3v) is 5.78. The number of fused-ring (bicyclic) bond motifs is 1. The number of hydrogen-bond donors (Lipinski definition) is 6. The molecule has 28 heavy (non-hydrogen) atoms. The summed E-state index contributed by atoms with van der Waals surface area (Å²) in [4.78, 5) is 39.2. The highest BCUT2D eigenvalue weighted by molar-refractivity contribution is 7.53. The smallest absolute Gasteiger partial charge is 0.341 e. The SMILES string of the molecule is Nc1ncnc2c1ncn2[C@H]1C[C@H](O)[C@@H](COP(=O)(O)CNCP(=O)(O)O)O1. The minimum Gasteiger partial charge on any atom is -0.390 e. The van der Waals surface area contributed by atoms with Gasteiger partial charge in [-0.3, -0.25) is 19.0 Å². The molecule has 3 rings (SSSR count). The summed E-state index contributed by atoms with van der Waals surface area (Å²) in [6.07, 6.45) is -1.07. The molecular formula is C12H20N6O8P2. The van der Waals surface area contributed by atoms with E-state index in [4.69, 9.17) is 24.8 Å². The van der Waals surface area contributed by atoms with E-state index in [1.165, 1.54) is 12.7 Å². The second-order valence-electron chi connectivity index (χ2n) is 6.18. The molecule has 1 unspecified atom stereocenters. The van der Waals surface area contributed by atoms with E-state index in [0.717, 1.165) is 0 Å². The van der Waals surface area contributed by atoms with E-state index in [1.54, 1.807) is 4.57 Å². The molecule has 2 aromatic heterocycles. The van der Waals surface area contributed by atoms with Crippen LogP contribution in [0.25, 0.3) is 11.2 Å². The molecular weight excluding hydrogens is 418 g/mol. The zero-order valence-electron chi connectivity index (χ0n) is 14.4. The van der Waals surface area contributed by atoms with Crippen molar-refractivity contribution >= 4 is 32.2 Å². The summed E-state index contributed by atoms with van der Waals surface area (Å²) in [7, 11) is -8.54. The molecule has 4 atom stereocenters. The lowest BCUT2D eigenvalue weighted by atomic mass is 10.2. The van der Waals surface area contributed by atoms with E-state index < -0.39 is 52.8 Å². The van der Waals surface area contributed by atoms with Crippen molar-refractivity contribution < 1.29 is 38.2 Å². The minimum absolute atomic E-state index is 0.162. The Hall–Kier alpha value is -1.47. The van der Waals surface area contributed by atoms with E-state index in [2.05, 4.69) is 20.3 Å². The van der Waals surface area contributed by atoms with Crippen LogP contribution in [0.3, 0.4) is 0 Å². The van der Waals surface area contributed by atoms with Crippen molar-refractivity contribution in [3.63, 3.8) is 0 Å². The van der Waals surface area contributed by atoms with Gasteiger partial charge in [0.15, 0.2) is 11.5 Å². The van der Waals surface area contributed by atoms with Crippen molar-refractivity contribution in [2.24, 2.45) is 0 Å². The molecule has 0 bridgehead atoms. The number of rotatable bonds is 8. The molecule has 0 saturated carbocycles. The van der Waals surface area contributed by atoms with E-state index in [-0.39, 0.29) is 12.2 Å². The van der Waals surface area contributed by atoms with Gasteiger partial charge in [0.2, 0.25) is 0 Å². The molecule has 0 amide bonds. The third-order valence-electron chi connectivity index (χ3n) is 3.97. The molecule has 2 aromatic rings. The highest BCUT2D eigenvalue weighted by Gasteiger charge is 2.37. The molecule has 1 aliphatic rings. The van der Waals surface area contributed by atoms with Crippen LogP contribution in [0.2, 0.25) is 0 Å². The first-order chi connectivity index (χ1) is 13.1. The highest BCUT2D eigenvalue weighted by atomic mass is 31.2. The Bertz CT molecular complexity index is 934. The summed E-state index contributed by atoms with van der Waals surface area (Å²) in [6, 6.07) is 0. The van der Waals surface area contributed by atoms with Crippen molar-refractivity contribution in [1.29, 1.82) is 0 Å². The first-order valence-electron chi connectivity index (χ1n) is 8.04. The van der Waals surface area contributed by atoms with Crippen LogP contribution in [-0.2, 0) is 18.4 Å². The van der Waals surface area contributed by atoms with Crippen LogP contribution in [-0.4, -0.2) is 70.7 Å². The average Bonchev–Trinajstić information content (AvgIpc) is 3.16. The molecule has 14 nitrogen and oxygen atoms in total. The summed E-state index contributed by atoms with van der Waals surface area (Å²) in [5, 5.41) is 12.3. The van der Waals surface area contributed by atoms with Crippen molar-refractivity contribution in [1.82, 2.24) is 24.8 Å². The van der Waals surface area contributed by atoms with Crippen LogP contribution in [0.4, 0.5) is 5.82 Å². The van der Waals surface area contributed by atoms with E-state index in [1.807, 2.05) is 0 Å². The molecule has 0 aromatic carbocycles. The van der Waals surface area contributed by atoms with Crippen LogP contribution >= 0.6 is 15.2 Å². The van der Waals surface area contributed by atoms with Gasteiger partial charge in [-0.2, -0.15) is 0 Å². The van der Waals surface area contributed by atoms with Crippen LogP contribution in [0.15, 0.2) is 12.7 Å². The average molecular weight is 438 g/mol. The fourth-order valence-corrected chi connectivity index (χ4v) is 4.13.